The summed E-state index contributed by atoms with van der Waals surface area (Å²) in [5.74, 6) is 0.664. The van der Waals surface area contributed by atoms with Gasteiger partial charge >= 0.3 is 0 Å². The van der Waals surface area contributed by atoms with Crippen molar-refractivity contribution < 1.29 is 8.42 Å². The minimum Gasteiger partial charge on any atom is -0.316 e. The predicted molar refractivity (Wildman–Crippen MR) is 67.3 cm³/mol. The summed E-state index contributed by atoms with van der Waals surface area (Å²) < 4.78 is 24.0. The highest BCUT2D eigenvalue weighted by atomic mass is 32.2. The van der Waals surface area contributed by atoms with Crippen molar-refractivity contribution in [2.45, 2.75) is 18.6 Å². The SMILES string of the molecule is O=S(=O)(Cc1cccnc1)C[C@H]1CCCNC1. The average Bonchev–Trinajstić information content (AvgIpc) is 2.30. The fourth-order valence-corrected chi connectivity index (χ4v) is 4.02. The molecule has 1 fully saturated rings. The summed E-state index contributed by atoms with van der Waals surface area (Å²) in [6.45, 7) is 1.84. The highest BCUT2D eigenvalue weighted by Gasteiger charge is 2.21. The van der Waals surface area contributed by atoms with Crippen LogP contribution in [0.15, 0.2) is 24.5 Å². The first-order chi connectivity index (χ1) is 8.16. The second-order valence-corrected chi connectivity index (χ2v) is 6.74. The summed E-state index contributed by atoms with van der Waals surface area (Å²) in [5, 5.41) is 3.24. The molecule has 1 aliphatic rings. The number of nitrogens with one attached hydrogen (secondary N) is 1. The Morgan fingerprint density at radius 3 is 3.00 bits per heavy atom. The molecule has 1 N–H and O–H groups in total. The van der Waals surface area contributed by atoms with E-state index in [-0.39, 0.29) is 17.4 Å². The van der Waals surface area contributed by atoms with E-state index in [4.69, 9.17) is 0 Å². The van der Waals surface area contributed by atoms with E-state index in [9.17, 15) is 8.42 Å². The van der Waals surface area contributed by atoms with Crippen LogP contribution in [0.1, 0.15) is 18.4 Å². The third kappa shape index (κ3) is 4.09. The maximum absolute atomic E-state index is 12.0. The van der Waals surface area contributed by atoms with Crippen molar-refractivity contribution in [1.82, 2.24) is 10.3 Å². The lowest BCUT2D eigenvalue weighted by Crippen LogP contribution is -2.34. The van der Waals surface area contributed by atoms with Crippen molar-refractivity contribution in [3.8, 4) is 0 Å². The second kappa shape index (κ2) is 5.60. The van der Waals surface area contributed by atoms with E-state index < -0.39 is 9.84 Å². The topological polar surface area (TPSA) is 59.1 Å². The fourth-order valence-electron chi connectivity index (χ4n) is 2.22. The van der Waals surface area contributed by atoms with Crippen molar-refractivity contribution in [1.29, 1.82) is 0 Å². The Balaban J connectivity index is 1.94. The maximum Gasteiger partial charge on any atom is 0.154 e. The molecule has 0 spiro atoms. The predicted octanol–water partition coefficient (Wildman–Crippen LogP) is 0.996. The van der Waals surface area contributed by atoms with Gasteiger partial charge in [0.25, 0.3) is 0 Å². The molecule has 1 aromatic heterocycles. The zero-order valence-electron chi connectivity index (χ0n) is 9.80. The van der Waals surface area contributed by atoms with Crippen molar-refractivity contribution >= 4 is 9.84 Å². The molecule has 0 unspecified atom stereocenters. The van der Waals surface area contributed by atoms with Gasteiger partial charge in [-0.25, -0.2) is 8.42 Å². The molecular formula is C12H18N2O2S. The molecule has 0 aromatic carbocycles. The molecule has 94 valence electrons. The zero-order chi connectivity index (χ0) is 12.1. The summed E-state index contributed by atoms with van der Waals surface area (Å²) in [4.78, 5) is 3.94. The van der Waals surface area contributed by atoms with E-state index in [0.717, 1.165) is 31.5 Å². The Morgan fingerprint density at radius 1 is 1.47 bits per heavy atom. The molecule has 1 atom stereocenters. The summed E-state index contributed by atoms with van der Waals surface area (Å²) in [6.07, 6.45) is 5.37. The van der Waals surface area contributed by atoms with Crippen LogP contribution in [0.3, 0.4) is 0 Å². The van der Waals surface area contributed by atoms with Crippen molar-refractivity contribution in [3.63, 3.8) is 0 Å². The minimum absolute atomic E-state index is 0.108. The number of sulfone groups is 1. The maximum atomic E-state index is 12.0. The number of pyridine rings is 1. The van der Waals surface area contributed by atoms with Crippen LogP contribution in [0.5, 0.6) is 0 Å². The number of rotatable bonds is 4. The normalized spacial score (nSPS) is 21.3. The third-order valence-corrected chi connectivity index (χ3v) is 4.75. The molecule has 5 heteroatoms. The van der Waals surface area contributed by atoms with Gasteiger partial charge in [0.05, 0.1) is 11.5 Å². The number of nitrogens with zero attached hydrogens (tertiary/aromatic N) is 1. The highest BCUT2D eigenvalue weighted by Crippen LogP contribution is 2.15. The molecule has 17 heavy (non-hydrogen) atoms. The molecule has 0 saturated carbocycles. The van der Waals surface area contributed by atoms with Gasteiger partial charge in [-0.3, -0.25) is 4.98 Å². The monoisotopic (exact) mass is 254 g/mol. The quantitative estimate of drug-likeness (QED) is 0.870. The summed E-state index contributed by atoms with van der Waals surface area (Å²) in [6, 6.07) is 3.58. The van der Waals surface area contributed by atoms with E-state index in [2.05, 4.69) is 10.3 Å². The zero-order valence-corrected chi connectivity index (χ0v) is 10.6. The van der Waals surface area contributed by atoms with E-state index in [0.29, 0.717) is 0 Å². The number of hydrogen-bond acceptors (Lipinski definition) is 4. The Labute approximate surface area is 102 Å². The van der Waals surface area contributed by atoms with Crippen LogP contribution in [-0.4, -0.2) is 32.2 Å². The van der Waals surface area contributed by atoms with Gasteiger partial charge in [-0.15, -0.1) is 0 Å². The van der Waals surface area contributed by atoms with Gasteiger partial charge in [0, 0.05) is 12.4 Å². The lowest BCUT2D eigenvalue weighted by Gasteiger charge is -2.22. The van der Waals surface area contributed by atoms with Crippen LogP contribution >= 0.6 is 0 Å². The fraction of sp³-hybridized carbons (Fsp3) is 0.583. The van der Waals surface area contributed by atoms with Crippen LogP contribution in [0.4, 0.5) is 0 Å². The standard InChI is InChI=1S/C12H18N2O2S/c15-17(16,9-11-3-1-5-13-7-11)10-12-4-2-6-14-8-12/h1,3,5,7,12,14H,2,4,6,8-10H2/t12-/m0/s1. The molecule has 4 nitrogen and oxygen atoms in total. The highest BCUT2D eigenvalue weighted by molar-refractivity contribution is 7.90. The Bertz CT molecular complexity index is 439. The molecule has 1 aromatic rings. The third-order valence-electron chi connectivity index (χ3n) is 3.00. The van der Waals surface area contributed by atoms with Gasteiger partial charge in [0.15, 0.2) is 9.84 Å². The van der Waals surface area contributed by atoms with Gasteiger partial charge in [-0.1, -0.05) is 6.07 Å². The van der Waals surface area contributed by atoms with E-state index in [1.165, 1.54) is 0 Å². The number of hydrogen-bond donors (Lipinski definition) is 1. The molecule has 0 bridgehead atoms. The smallest absolute Gasteiger partial charge is 0.154 e. The van der Waals surface area contributed by atoms with E-state index in [1.807, 2.05) is 6.07 Å². The van der Waals surface area contributed by atoms with Crippen LogP contribution in [0.2, 0.25) is 0 Å². The van der Waals surface area contributed by atoms with Crippen LogP contribution < -0.4 is 5.32 Å². The summed E-state index contributed by atoms with van der Waals surface area (Å²) >= 11 is 0. The largest absolute Gasteiger partial charge is 0.316 e. The molecule has 0 radical (unpaired) electrons. The first-order valence-electron chi connectivity index (χ1n) is 5.96. The van der Waals surface area contributed by atoms with Gasteiger partial charge in [0.2, 0.25) is 0 Å². The Kier molecular flexibility index (Phi) is 4.12. The molecule has 1 saturated heterocycles. The Morgan fingerprint density at radius 2 is 2.35 bits per heavy atom. The van der Waals surface area contributed by atoms with Crippen molar-refractivity contribution in [2.24, 2.45) is 5.92 Å². The molecule has 1 aliphatic heterocycles. The van der Waals surface area contributed by atoms with Crippen LogP contribution in [0.25, 0.3) is 0 Å². The van der Waals surface area contributed by atoms with Gasteiger partial charge < -0.3 is 5.32 Å². The minimum atomic E-state index is -3.01. The van der Waals surface area contributed by atoms with Gasteiger partial charge in [-0.05, 0) is 43.5 Å². The number of aromatic nitrogens is 1. The van der Waals surface area contributed by atoms with E-state index >= 15 is 0 Å². The van der Waals surface area contributed by atoms with Crippen LogP contribution in [-0.2, 0) is 15.6 Å². The lowest BCUT2D eigenvalue weighted by atomic mass is 10.0. The Hall–Kier alpha value is -0.940. The van der Waals surface area contributed by atoms with Gasteiger partial charge in [0.1, 0.15) is 0 Å². The van der Waals surface area contributed by atoms with Gasteiger partial charge in [-0.2, -0.15) is 0 Å². The second-order valence-electron chi connectivity index (χ2n) is 4.63. The molecule has 2 rings (SSSR count). The lowest BCUT2D eigenvalue weighted by molar-refractivity contribution is 0.404. The van der Waals surface area contributed by atoms with Crippen molar-refractivity contribution in [3.05, 3.63) is 30.1 Å². The molecule has 0 aliphatic carbocycles. The van der Waals surface area contributed by atoms with Crippen LogP contribution in [0, 0.1) is 5.92 Å². The number of piperidine rings is 1. The first kappa shape index (κ1) is 12.5. The summed E-state index contributed by atoms with van der Waals surface area (Å²) in [5.41, 5.74) is 0.774. The molecule has 0 amide bonds. The first-order valence-corrected chi connectivity index (χ1v) is 7.78. The molecular weight excluding hydrogens is 236 g/mol. The summed E-state index contributed by atoms with van der Waals surface area (Å²) in [7, 11) is -3.01. The average molecular weight is 254 g/mol. The van der Waals surface area contributed by atoms with E-state index in [1.54, 1.807) is 18.5 Å². The molecule has 2 heterocycles. The van der Waals surface area contributed by atoms with Crippen molar-refractivity contribution in [2.75, 3.05) is 18.8 Å².